The van der Waals surface area contributed by atoms with Crippen molar-refractivity contribution < 1.29 is 74.0 Å². The number of phenolic OH excluding ortho intramolecular Hbond substituents is 1. The highest BCUT2D eigenvalue weighted by atomic mass is 32.3. The monoisotopic (exact) mass is 920 g/mol. The van der Waals surface area contributed by atoms with E-state index in [0.717, 1.165) is 48.5 Å². The summed E-state index contributed by atoms with van der Waals surface area (Å²) in [5, 5.41) is 28.0. The quantitative estimate of drug-likeness (QED) is 0.0354. The summed E-state index contributed by atoms with van der Waals surface area (Å²) in [5.74, 6) is -3.11. The molecule has 5 aromatic rings. The van der Waals surface area contributed by atoms with Gasteiger partial charge >= 0.3 is 10.4 Å². The normalized spacial score (nSPS) is 13.1. The van der Waals surface area contributed by atoms with Crippen molar-refractivity contribution in [1.29, 1.82) is 0 Å². The second-order valence-electron chi connectivity index (χ2n) is 11.6. The first-order valence-corrected chi connectivity index (χ1v) is 22.7. The van der Waals surface area contributed by atoms with Gasteiger partial charge in [0.1, 0.15) is 49.1 Å². The van der Waals surface area contributed by atoms with E-state index < -0.39 is 122 Å². The van der Waals surface area contributed by atoms with Crippen LogP contribution in [0.4, 0.5) is 44.3 Å². The zero-order valence-electron chi connectivity index (χ0n) is 29.1. The average Bonchev–Trinajstić information content (AvgIpc) is 3.08. The van der Waals surface area contributed by atoms with E-state index >= 15 is 0 Å². The number of benzene rings is 4. The number of nitrogens with two attached hydrogens (primary N) is 1. The fraction of sp³-hybridized carbons (Fsp3) is 0.103. The molecule has 0 bridgehead atoms. The van der Waals surface area contributed by atoms with Crippen molar-refractivity contribution in [3.05, 3.63) is 72.4 Å². The Kier molecular flexibility index (Phi) is 12.2. The minimum atomic E-state index is -5.39. The Hall–Kier alpha value is -5.70. The average molecular weight is 921 g/mol. The molecule has 8 N–H and O–H groups in total. The van der Waals surface area contributed by atoms with Gasteiger partial charge < -0.3 is 16.2 Å². The van der Waals surface area contributed by atoms with Crippen molar-refractivity contribution in [3.63, 3.8) is 0 Å². The summed E-state index contributed by atoms with van der Waals surface area (Å²) >= 11 is 0. The fourth-order valence-electron chi connectivity index (χ4n) is 5.01. The van der Waals surface area contributed by atoms with Crippen LogP contribution in [0.25, 0.3) is 10.8 Å². The molecule has 0 spiro atoms. The summed E-state index contributed by atoms with van der Waals surface area (Å²) in [7, 11) is -25.3. The zero-order valence-corrected chi connectivity index (χ0v) is 33.2. The molecule has 0 saturated carbocycles. The van der Waals surface area contributed by atoms with E-state index in [9.17, 15) is 65.2 Å². The third-order valence-electron chi connectivity index (χ3n) is 7.50. The lowest BCUT2D eigenvalue weighted by Crippen LogP contribution is -2.16. The van der Waals surface area contributed by atoms with E-state index in [1.807, 2.05) is 0 Å². The van der Waals surface area contributed by atoms with E-state index in [2.05, 4.69) is 39.9 Å². The maximum absolute atomic E-state index is 13.8. The molecule has 59 heavy (non-hydrogen) atoms. The van der Waals surface area contributed by atoms with Gasteiger partial charge in [0.15, 0.2) is 15.6 Å². The van der Waals surface area contributed by atoms with Crippen molar-refractivity contribution in [2.75, 3.05) is 23.4 Å². The summed E-state index contributed by atoms with van der Waals surface area (Å²) in [6.07, 6.45) is 0. The second-order valence-corrected chi connectivity index (χ2v) is 19.0. The zero-order chi connectivity index (χ0) is 43.9. The van der Waals surface area contributed by atoms with Gasteiger partial charge in [0.05, 0.1) is 22.9 Å². The number of fused-ring (bicyclic) bond motifs is 1. The predicted molar refractivity (Wildman–Crippen MR) is 200 cm³/mol. The van der Waals surface area contributed by atoms with Crippen LogP contribution in [0.5, 0.6) is 5.75 Å². The van der Waals surface area contributed by atoms with Crippen LogP contribution >= 0.6 is 0 Å². The lowest BCUT2D eigenvalue weighted by Gasteiger charge is -2.12. The molecule has 0 saturated heterocycles. The molecular formula is C29H25FN8O16S5. The summed E-state index contributed by atoms with van der Waals surface area (Å²) in [6.45, 7) is 0.310. The van der Waals surface area contributed by atoms with Crippen LogP contribution in [0.1, 0.15) is 5.82 Å². The molecule has 314 valence electrons. The van der Waals surface area contributed by atoms with Gasteiger partial charge in [-0.1, -0.05) is 0 Å². The SMILES string of the molecule is Cc1nc(F)cc(Nc2ccc(S(=O)(=O)O)c(N=Nc3c(S(=O)(=O)O)cc4c(N=Nc5ccc(S(=O)(=O)CCOS(=O)(=O)O)cc5S(=O)(=O)O)c(N)ccc4c3O)c2)n1. The van der Waals surface area contributed by atoms with Crippen LogP contribution in [-0.2, 0) is 54.8 Å². The summed E-state index contributed by atoms with van der Waals surface area (Å²) in [5.41, 5.74) is 2.81. The standard InChI is InChI=1S/C29H25FN8O16S5/c1-14-32-25(30)13-26(33-14)34-15-2-7-22(56(42,43)44)21(10-15)36-38-28-24(58(48,49)50)12-18-17(29(28)39)4-5-19(31)27(18)37-35-20-6-3-16(11-23(20)57(45,46)47)55(40,41)9-8-54-59(51,52)53/h2-7,10-13,39H,8-9,31H2,1H3,(H,32,33,34)(H,42,43,44)(H,45,46,47)(H,48,49,50)(H,51,52,53). The van der Waals surface area contributed by atoms with E-state index in [1.54, 1.807) is 0 Å². The first kappa shape index (κ1) is 44.4. The summed E-state index contributed by atoms with van der Waals surface area (Å²) in [6, 6.07) is 8.69. The van der Waals surface area contributed by atoms with Crippen molar-refractivity contribution >= 4 is 101 Å². The molecule has 24 nitrogen and oxygen atoms in total. The number of nitrogens with one attached hydrogen (secondary N) is 1. The Bertz CT molecular complexity index is 3170. The lowest BCUT2D eigenvalue weighted by atomic mass is 10.1. The van der Waals surface area contributed by atoms with Crippen LogP contribution in [0, 0.1) is 12.9 Å². The Morgan fingerprint density at radius 1 is 0.695 bits per heavy atom. The number of aryl methyl sites for hydroxylation is 1. The molecule has 0 unspecified atom stereocenters. The van der Waals surface area contributed by atoms with Gasteiger partial charge in [0.25, 0.3) is 30.4 Å². The van der Waals surface area contributed by atoms with E-state index in [1.165, 1.54) is 6.92 Å². The topological polar surface area (TPSA) is 394 Å². The minimum absolute atomic E-state index is 0.00856. The molecule has 0 aliphatic rings. The number of hydrogen-bond donors (Lipinski definition) is 7. The highest BCUT2D eigenvalue weighted by molar-refractivity contribution is 7.91. The number of hydrogen-bond acceptors (Lipinski definition) is 20. The van der Waals surface area contributed by atoms with E-state index in [4.69, 9.17) is 10.3 Å². The largest absolute Gasteiger partial charge is 0.505 e. The van der Waals surface area contributed by atoms with Gasteiger partial charge in [0, 0.05) is 22.5 Å². The number of nitrogens with zero attached hydrogens (tertiary/aromatic N) is 6. The number of halogens is 1. The van der Waals surface area contributed by atoms with Gasteiger partial charge in [0.2, 0.25) is 5.95 Å². The molecule has 1 heterocycles. The predicted octanol–water partition coefficient (Wildman–Crippen LogP) is 4.27. The molecule has 0 radical (unpaired) electrons. The maximum Gasteiger partial charge on any atom is 0.397 e. The number of aromatic nitrogens is 2. The third-order valence-corrected chi connectivity index (χ3v) is 12.3. The molecule has 0 aliphatic heterocycles. The third kappa shape index (κ3) is 10.7. The number of sulfone groups is 1. The Morgan fingerprint density at radius 3 is 1.93 bits per heavy atom. The van der Waals surface area contributed by atoms with Gasteiger partial charge in [-0.05, 0) is 61.5 Å². The van der Waals surface area contributed by atoms with Crippen LogP contribution in [0.3, 0.4) is 0 Å². The molecule has 0 amide bonds. The van der Waals surface area contributed by atoms with Crippen molar-refractivity contribution in [1.82, 2.24) is 9.97 Å². The number of nitrogen functional groups attached to an aromatic ring is 1. The molecule has 0 aliphatic carbocycles. The smallest absolute Gasteiger partial charge is 0.397 e. The number of rotatable bonds is 14. The van der Waals surface area contributed by atoms with Gasteiger partial charge in [-0.25, -0.2) is 22.6 Å². The van der Waals surface area contributed by atoms with Crippen LogP contribution < -0.4 is 11.1 Å². The van der Waals surface area contributed by atoms with Crippen LogP contribution in [-0.4, -0.2) is 87.7 Å². The number of anilines is 3. The first-order chi connectivity index (χ1) is 27.1. The van der Waals surface area contributed by atoms with Crippen LogP contribution in [0.15, 0.2) is 101 Å². The summed E-state index contributed by atoms with van der Waals surface area (Å²) in [4.78, 5) is 3.47. The van der Waals surface area contributed by atoms with E-state index in [0.29, 0.717) is 12.1 Å². The first-order valence-electron chi connectivity index (χ1n) is 15.4. The molecule has 0 atom stereocenters. The van der Waals surface area contributed by atoms with Crippen molar-refractivity contribution in [2.24, 2.45) is 20.5 Å². The Morgan fingerprint density at radius 2 is 1.32 bits per heavy atom. The highest BCUT2D eigenvalue weighted by Gasteiger charge is 2.26. The second kappa shape index (κ2) is 16.2. The number of phenols is 1. The molecule has 30 heteroatoms. The fourth-order valence-corrected chi connectivity index (χ4v) is 8.50. The highest BCUT2D eigenvalue weighted by Crippen LogP contribution is 2.46. The van der Waals surface area contributed by atoms with Gasteiger partial charge in [-0.2, -0.15) is 38.1 Å². The Balaban J connectivity index is 1.62. The lowest BCUT2D eigenvalue weighted by molar-refractivity contribution is 0.284. The van der Waals surface area contributed by atoms with Gasteiger partial charge in [-0.15, -0.1) is 20.5 Å². The molecule has 0 fully saturated rings. The molecule has 5 rings (SSSR count). The van der Waals surface area contributed by atoms with Crippen molar-refractivity contribution in [2.45, 2.75) is 26.5 Å². The Labute approximate surface area is 332 Å². The van der Waals surface area contributed by atoms with Crippen LogP contribution in [0.2, 0.25) is 0 Å². The van der Waals surface area contributed by atoms with E-state index in [-0.39, 0.29) is 28.4 Å². The number of azo groups is 2. The molecular weight excluding hydrogens is 896 g/mol. The molecule has 1 aromatic heterocycles. The maximum atomic E-state index is 13.8. The van der Waals surface area contributed by atoms with Gasteiger partial charge in [-0.3, -0.25) is 18.2 Å². The van der Waals surface area contributed by atoms with Crippen molar-refractivity contribution in [3.8, 4) is 5.75 Å². The summed E-state index contributed by atoms with van der Waals surface area (Å²) < 4.78 is 177. The number of aromatic hydroxyl groups is 1. The molecule has 4 aromatic carbocycles. The minimum Gasteiger partial charge on any atom is -0.505 e.